The number of rotatable bonds is 5. The summed E-state index contributed by atoms with van der Waals surface area (Å²) in [5.41, 5.74) is 5.15. The standard InChI is InChI=1S/C19H18N4O4/c24-22(25)16-10-11-18(19(13-16)23(26)27)21-20-17-9-5-4-8-15(17)12-14-6-2-1-3-7-14/h1-3,6-7,10-13,21H,4-5,8-9H2/b15-12-,20-17+. The van der Waals surface area contributed by atoms with E-state index in [0.717, 1.165) is 48.6 Å². The fourth-order valence-corrected chi connectivity index (χ4v) is 2.95. The van der Waals surface area contributed by atoms with Gasteiger partial charge in [-0.3, -0.25) is 25.7 Å². The fraction of sp³-hybridized carbons (Fsp3) is 0.211. The molecular formula is C19H18N4O4. The van der Waals surface area contributed by atoms with Gasteiger partial charge in [0, 0.05) is 6.07 Å². The molecular weight excluding hydrogens is 348 g/mol. The van der Waals surface area contributed by atoms with E-state index in [2.05, 4.69) is 16.6 Å². The number of benzene rings is 2. The van der Waals surface area contributed by atoms with Crippen molar-refractivity contribution in [3.8, 4) is 0 Å². The Morgan fingerprint density at radius 3 is 2.41 bits per heavy atom. The summed E-state index contributed by atoms with van der Waals surface area (Å²) in [5.74, 6) is 0. The molecule has 0 spiro atoms. The SMILES string of the molecule is O=[N+]([O-])c1ccc(N/N=C2\CCCC\C2=C\c2ccccc2)c([N+](=O)[O-])c1. The average Bonchev–Trinajstić information content (AvgIpc) is 2.68. The van der Waals surface area contributed by atoms with Gasteiger partial charge in [-0.25, -0.2) is 0 Å². The van der Waals surface area contributed by atoms with Gasteiger partial charge in [-0.1, -0.05) is 30.3 Å². The van der Waals surface area contributed by atoms with Crippen LogP contribution in [0, 0.1) is 20.2 Å². The van der Waals surface area contributed by atoms with E-state index in [9.17, 15) is 20.2 Å². The molecule has 0 unspecified atom stereocenters. The predicted octanol–water partition coefficient (Wildman–Crippen LogP) is 4.93. The molecule has 8 nitrogen and oxygen atoms in total. The molecule has 0 amide bonds. The molecule has 27 heavy (non-hydrogen) atoms. The lowest BCUT2D eigenvalue weighted by Crippen LogP contribution is -2.11. The molecule has 0 saturated heterocycles. The minimum Gasteiger partial charge on any atom is -0.271 e. The largest absolute Gasteiger partial charge is 0.301 e. The highest BCUT2D eigenvalue weighted by Gasteiger charge is 2.20. The van der Waals surface area contributed by atoms with Crippen molar-refractivity contribution in [3.05, 3.63) is 79.9 Å². The number of nitrogens with one attached hydrogen (secondary N) is 1. The van der Waals surface area contributed by atoms with Crippen molar-refractivity contribution in [1.29, 1.82) is 0 Å². The zero-order chi connectivity index (χ0) is 19.2. The first-order chi connectivity index (χ1) is 13.0. The maximum absolute atomic E-state index is 11.2. The summed E-state index contributed by atoms with van der Waals surface area (Å²) in [5, 5.41) is 26.4. The van der Waals surface area contributed by atoms with Crippen LogP contribution in [0.15, 0.2) is 59.2 Å². The third-order valence-electron chi connectivity index (χ3n) is 4.32. The summed E-state index contributed by atoms with van der Waals surface area (Å²) in [6.07, 6.45) is 5.79. The van der Waals surface area contributed by atoms with Gasteiger partial charge >= 0.3 is 5.69 Å². The molecule has 1 fully saturated rings. The van der Waals surface area contributed by atoms with Crippen LogP contribution in [0.3, 0.4) is 0 Å². The lowest BCUT2D eigenvalue weighted by Gasteiger charge is -2.17. The van der Waals surface area contributed by atoms with Crippen molar-refractivity contribution in [3.63, 3.8) is 0 Å². The van der Waals surface area contributed by atoms with Gasteiger partial charge in [-0.05, 0) is 49.0 Å². The van der Waals surface area contributed by atoms with Crippen LogP contribution in [-0.4, -0.2) is 15.6 Å². The normalized spacial score (nSPS) is 17.0. The summed E-state index contributed by atoms with van der Waals surface area (Å²) in [6.45, 7) is 0. The lowest BCUT2D eigenvalue weighted by molar-refractivity contribution is -0.393. The first-order valence-electron chi connectivity index (χ1n) is 8.56. The Labute approximate surface area is 155 Å². The quantitative estimate of drug-likeness (QED) is 0.596. The van der Waals surface area contributed by atoms with Gasteiger partial charge in [-0.2, -0.15) is 5.10 Å². The van der Waals surface area contributed by atoms with Gasteiger partial charge in [0.05, 0.1) is 21.6 Å². The van der Waals surface area contributed by atoms with Crippen LogP contribution in [0.2, 0.25) is 0 Å². The monoisotopic (exact) mass is 366 g/mol. The molecule has 2 aromatic rings. The number of nitrogens with zero attached hydrogens (tertiary/aromatic N) is 3. The molecule has 1 N–H and O–H groups in total. The van der Waals surface area contributed by atoms with Crippen molar-refractivity contribution in [1.82, 2.24) is 0 Å². The number of hydrogen-bond acceptors (Lipinski definition) is 6. The number of nitro groups is 2. The Morgan fingerprint density at radius 1 is 0.963 bits per heavy atom. The van der Waals surface area contributed by atoms with Crippen LogP contribution in [0.5, 0.6) is 0 Å². The van der Waals surface area contributed by atoms with E-state index in [0.29, 0.717) is 0 Å². The zero-order valence-corrected chi connectivity index (χ0v) is 14.5. The molecule has 3 rings (SSSR count). The number of anilines is 1. The molecule has 2 aromatic carbocycles. The van der Waals surface area contributed by atoms with Crippen LogP contribution in [0.4, 0.5) is 17.1 Å². The summed E-state index contributed by atoms with van der Waals surface area (Å²) in [4.78, 5) is 20.8. The molecule has 8 heteroatoms. The van der Waals surface area contributed by atoms with E-state index >= 15 is 0 Å². The van der Waals surface area contributed by atoms with Gasteiger partial charge < -0.3 is 0 Å². The number of hydrazone groups is 1. The summed E-state index contributed by atoms with van der Waals surface area (Å²) < 4.78 is 0. The molecule has 0 aromatic heterocycles. The van der Waals surface area contributed by atoms with Gasteiger partial charge in [-0.15, -0.1) is 0 Å². The van der Waals surface area contributed by atoms with Crippen LogP contribution in [0.25, 0.3) is 6.08 Å². The van der Waals surface area contributed by atoms with E-state index < -0.39 is 9.85 Å². The molecule has 0 atom stereocenters. The molecule has 138 valence electrons. The highest BCUT2D eigenvalue weighted by Crippen LogP contribution is 2.30. The smallest absolute Gasteiger partial charge is 0.271 e. The van der Waals surface area contributed by atoms with E-state index in [1.54, 1.807) is 0 Å². The third kappa shape index (κ3) is 4.55. The highest BCUT2D eigenvalue weighted by molar-refractivity contribution is 6.04. The predicted molar refractivity (Wildman–Crippen MR) is 104 cm³/mol. The summed E-state index contributed by atoms with van der Waals surface area (Å²) >= 11 is 0. The average molecular weight is 366 g/mol. The number of hydrogen-bond donors (Lipinski definition) is 1. The summed E-state index contributed by atoms with van der Waals surface area (Å²) in [6, 6.07) is 13.4. The van der Waals surface area contributed by atoms with E-state index in [1.807, 2.05) is 30.3 Å². The molecule has 0 aliphatic heterocycles. The third-order valence-corrected chi connectivity index (χ3v) is 4.32. The lowest BCUT2D eigenvalue weighted by atomic mass is 9.91. The van der Waals surface area contributed by atoms with E-state index in [4.69, 9.17) is 0 Å². The molecule has 1 aliphatic rings. The van der Waals surface area contributed by atoms with Crippen molar-refractivity contribution < 1.29 is 9.85 Å². The van der Waals surface area contributed by atoms with E-state index in [-0.39, 0.29) is 17.1 Å². The molecule has 0 heterocycles. The van der Waals surface area contributed by atoms with Crippen LogP contribution >= 0.6 is 0 Å². The highest BCUT2D eigenvalue weighted by atomic mass is 16.6. The van der Waals surface area contributed by atoms with Crippen molar-refractivity contribution in [2.75, 3.05) is 5.43 Å². The zero-order valence-electron chi connectivity index (χ0n) is 14.5. The molecule has 1 aliphatic carbocycles. The van der Waals surface area contributed by atoms with Crippen LogP contribution in [-0.2, 0) is 0 Å². The van der Waals surface area contributed by atoms with Crippen molar-refractivity contribution in [2.45, 2.75) is 25.7 Å². The molecule has 0 radical (unpaired) electrons. The van der Waals surface area contributed by atoms with Gasteiger partial charge in [0.1, 0.15) is 5.69 Å². The Bertz CT molecular complexity index is 923. The van der Waals surface area contributed by atoms with Crippen molar-refractivity contribution in [2.24, 2.45) is 5.10 Å². The number of nitro benzene ring substituents is 2. The van der Waals surface area contributed by atoms with Crippen LogP contribution < -0.4 is 5.43 Å². The summed E-state index contributed by atoms with van der Waals surface area (Å²) in [7, 11) is 0. The molecule has 0 bridgehead atoms. The Morgan fingerprint density at radius 2 is 1.70 bits per heavy atom. The fourth-order valence-electron chi connectivity index (χ4n) is 2.95. The number of non-ortho nitro benzene ring substituents is 1. The van der Waals surface area contributed by atoms with Gasteiger partial charge in [0.15, 0.2) is 0 Å². The number of allylic oxidation sites excluding steroid dienone is 1. The molecule has 1 saturated carbocycles. The second kappa shape index (κ2) is 8.22. The Kier molecular flexibility index (Phi) is 5.55. The maximum Gasteiger partial charge on any atom is 0.301 e. The minimum absolute atomic E-state index is 0.128. The maximum atomic E-state index is 11.2. The first kappa shape index (κ1) is 18.2. The van der Waals surface area contributed by atoms with E-state index in [1.165, 1.54) is 12.1 Å². The second-order valence-electron chi connectivity index (χ2n) is 6.17. The van der Waals surface area contributed by atoms with Gasteiger partial charge in [0.25, 0.3) is 5.69 Å². The second-order valence-corrected chi connectivity index (χ2v) is 6.17. The van der Waals surface area contributed by atoms with Crippen molar-refractivity contribution >= 4 is 28.8 Å². The topological polar surface area (TPSA) is 111 Å². The Balaban J connectivity index is 1.88. The Hall–Kier alpha value is -3.55. The first-order valence-corrected chi connectivity index (χ1v) is 8.56. The minimum atomic E-state index is -0.662. The van der Waals surface area contributed by atoms with Crippen LogP contribution in [0.1, 0.15) is 31.2 Å². The van der Waals surface area contributed by atoms with Gasteiger partial charge in [0.2, 0.25) is 0 Å².